The number of benzene rings is 1. The lowest BCUT2D eigenvalue weighted by Crippen LogP contribution is -2.21. The van der Waals surface area contributed by atoms with Crippen LogP contribution in [-0.2, 0) is 4.79 Å². The predicted octanol–water partition coefficient (Wildman–Crippen LogP) is 0.113. The van der Waals surface area contributed by atoms with Gasteiger partial charge in [0, 0.05) is 6.07 Å². The van der Waals surface area contributed by atoms with Gasteiger partial charge in [0.25, 0.3) is 11.6 Å². The second kappa shape index (κ2) is 3.84. The first-order chi connectivity index (χ1) is 6.54. The van der Waals surface area contributed by atoms with E-state index in [4.69, 9.17) is 5.73 Å². The van der Waals surface area contributed by atoms with Gasteiger partial charge in [0.1, 0.15) is 0 Å². The fourth-order valence-corrected chi connectivity index (χ4v) is 1.04. The maximum atomic E-state index is 10.6. The molecule has 0 radical (unpaired) electrons. The number of para-hydroxylation sites is 1. The van der Waals surface area contributed by atoms with Crippen LogP contribution >= 0.6 is 0 Å². The standard InChI is InChI=1S/C8H8N2O4/c9-8(12)7(11)5-3-1-2-4-6(5)10(13)14/h1-4,7,11H,(H2,9,12). The molecule has 0 aliphatic rings. The maximum Gasteiger partial charge on any atom is 0.275 e. The Bertz CT molecular complexity index is 377. The average Bonchev–Trinajstić information content (AvgIpc) is 2.16. The molecule has 1 atom stereocenters. The smallest absolute Gasteiger partial charge is 0.275 e. The van der Waals surface area contributed by atoms with Gasteiger partial charge in [0.2, 0.25) is 0 Å². The fourth-order valence-electron chi connectivity index (χ4n) is 1.04. The molecule has 0 aromatic heterocycles. The summed E-state index contributed by atoms with van der Waals surface area (Å²) in [5, 5.41) is 19.7. The van der Waals surface area contributed by atoms with Crippen molar-refractivity contribution in [3.8, 4) is 0 Å². The van der Waals surface area contributed by atoms with E-state index in [0.29, 0.717) is 0 Å². The number of nitrogens with zero attached hydrogens (tertiary/aromatic N) is 1. The summed E-state index contributed by atoms with van der Waals surface area (Å²) in [7, 11) is 0. The lowest BCUT2D eigenvalue weighted by Gasteiger charge is -2.06. The Hall–Kier alpha value is -1.95. The minimum absolute atomic E-state index is 0.0926. The number of nitrogens with two attached hydrogens (primary N) is 1. The van der Waals surface area contributed by atoms with Crippen molar-refractivity contribution in [1.82, 2.24) is 0 Å². The number of carbonyl (C=O) groups excluding carboxylic acids is 1. The summed E-state index contributed by atoms with van der Waals surface area (Å²) >= 11 is 0. The minimum atomic E-state index is -1.64. The molecule has 1 rings (SSSR count). The molecule has 0 saturated carbocycles. The molecule has 1 aromatic rings. The van der Waals surface area contributed by atoms with Gasteiger partial charge in [-0.25, -0.2) is 0 Å². The molecule has 0 bridgehead atoms. The summed E-state index contributed by atoms with van der Waals surface area (Å²) in [5.74, 6) is -1.01. The van der Waals surface area contributed by atoms with Crippen molar-refractivity contribution in [3.63, 3.8) is 0 Å². The highest BCUT2D eigenvalue weighted by atomic mass is 16.6. The van der Waals surface area contributed by atoms with Gasteiger partial charge in [0.15, 0.2) is 6.10 Å². The van der Waals surface area contributed by atoms with Gasteiger partial charge < -0.3 is 10.8 Å². The summed E-state index contributed by atoms with van der Waals surface area (Å²) in [5.41, 5.74) is 4.41. The molecule has 0 saturated heterocycles. The minimum Gasteiger partial charge on any atom is -0.378 e. The number of nitro benzene ring substituents is 1. The summed E-state index contributed by atoms with van der Waals surface area (Å²) in [6.45, 7) is 0. The molecule has 14 heavy (non-hydrogen) atoms. The Kier molecular flexibility index (Phi) is 2.78. The monoisotopic (exact) mass is 196 g/mol. The van der Waals surface area contributed by atoms with Crippen molar-refractivity contribution in [1.29, 1.82) is 0 Å². The van der Waals surface area contributed by atoms with E-state index in [1.807, 2.05) is 0 Å². The molecule has 1 aromatic carbocycles. The number of rotatable bonds is 3. The van der Waals surface area contributed by atoms with Crippen molar-refractivity contribution in [2.75, 3.05) is 0 Å². The summed E-state index contributed by atoms with van der Waals surface area (Å²) in [6.07, 6.45) is -1.64. The van der Waals surface area contributed by atoms with Crippen LogP contribution in [0.15, 0.2) is 24.3 Å². The number of nitro groups is 1. The molecule has 0 aliphatic carbocycles. The molecule has 0 aliphatic heterocycles. The molecular weight excluding hydrogens is 188 g/mol. The van der Waals surface area contributed by atoms with Crippen LogP contribution in [0.25, 0.3) is 0 Å². The van der Waals surface area contributed by atoms with E-state index in [9.17, 15) is 20.0 Å². The Morgan fingerprint density at radius 1 is 1.50 bits per heavy atom. The van der Waals surface area contributed by atoms with Crippen LogP contribution in [0.5, 0.6) is 0 Å². The van der Waals surface area contributed by atoms with E-state index in [-0.39, 0.29) is 11.3 Å². The third-order valence-electron chi connectivity index (χ3n) is 1.70. The van der Waals surface area contributed by atoms with Crippen LogP contribution in [0.4, 0.5) is 5.69 Å². The second-order valence-electron chi connectivity index (χ2n) is 2.62. The predicted molar refractivity (Wildman–Crippen MR) is 47.3 cm³/mol. The number of aliphatic hydroxyl groups excluding tert-OH is 1. The van der Waals surface area contributed by atoms with Gasteiger partial charge >= 0.3 is 0 Å². The van der Waals surface area contributed by atoms with E-state index < -0.39 is 16.9 Å². The largest absolute Gasteiger partial charge is 0.378 e. The first-order valence-electron chi connectivity index (χ1n) is 3.74. The van der Waals surface area contributed by atoms with Crippen molar-refractivity contribution >= 4 is 11.6 Å². The summed E-state index contributed by atoms with van der Waals surface area (Å²) in [6, 6.07) is 5.40. The molecular formula is C8H8N2O4. The van der Waals surface area contributed by atoms with Crippen molar-refractivity contribution in [2.45, 2.75) is 6.10 Å². The van der Waals surface area contributed by atoms with Crippen LogP contribution in [0.2, 0.25) is 0 Å². The summed E-state index contributed by atoms with van der Waals surface area (Å²) < 4.78 is 0. The molecule has 0 fully saturated rings. The lowest BCUT2D eigenvalue weighted by molar-refractivity contribution is -0.386. The molecule has 6 heteroatoms. The first kappa shape index (κ1) is 10.1. The number of primary amides is 1. The van der Waals surface area contributed by atoms with Crippen LogP contribution in [-0.4, -0.2) is 15.9 Å². The maximum absolute atomic E-state index is 10.6. The molecule has 6 nitrogen and oxygen atoms in total. The van der Waals surface area contributed by atoms with Gasteiger partial charge in [-0.05, 0) is 6.07 Å². The topological polar surface area (TPSA) is 106 Å². The zero-order valence-corrected chi connectivity index (χ0v) is 7.08. The van der Waals surface area contributed by atoms with Crippen LogP contribution < -0.4 is 5.73 Å². The van der Waals surface area contributed by atoms with E-state index >= 15 is 0 Å². The molecule has 0 heterocycles. The highest BCUT2D eigenvalue weighted by Gasteiger charge is 2.23. The summed E-state index contributed by atoms with van der Waals surface area (Å²) in [4.78, 5) is 20.4. The van der Waals surface area contributed by atoms with Crippen molar-refractivity contribution in [2.24, 2.45) is 5.73 Å². The third-order valence-corrected chi connectivity index (χ3v) is 1.70. The van der Waals surface area contributed by atoms with Gasteiger partial charge in [-0.1, -0.05) is 12.1 Å². The third kappa shape index (κ3) is 1.86. The second-order valence-corrected chi connectivity index (χ2v) is 2.62. The van der Waals surface area contributed by atoms with Crippen molar-refractivity contribution < 1.29 is 14.8 Å². The Morgan fingerprint density at radius 3 is 2.57 bits per heavy atom. The average molecular weight is 196 g/mol. The Labute approximate surface area is 79.1 Å². The zero-order valence-electron chi connectivity index (χ0n) is 7.08. The highest BCUT2D eigenvalue weighted by Crippen LogP contribution is 2.23. The molecule has 0 spiro atoms. The fraction of sp³-hybridized carbons (Fsp3) is 0.125. The normalized spacial score (nSPS) is 12.1. The van der Waals surface area contributed by atoms with E-state index in [0.717, 1.165) is 0 Å². The molecule has 1 unspecified atom stereocenters. The first-order valence-corrected chi connectivity index (χ1v) is 3.74. The van der Waals surface area contributed by atoms with Gasteiger partial charge in [-0.15, -0.1) is 0 Å². The molecule has 1 amide bonds. The number of hydrogen-bond acceptors (Lipinski definition) is 4. The highest BCUT2D eigenvalue weighted by molar-refractivity contribution is 5.81. The zero-order chi connectivity index (χ0) is 10.7. The Balaban J connectivity index is 3.19. The van der Waals surface area contributed by atoms with Gasteiger partial charge in [-0.3, -0.25) is 14.9 Å². The number of carbonyl (C=O) groups is 1. The van der Waals surface area contributed by atoms with E-state index in [1.165, 1.54) is 24.3 Å². The van der Waals surface area contributed by atoms with E-state index in [2.05, 4.69) is 0 Å². The van der Waals surface area contributed by atoms with Crippen LogP contribution in [0.1, 0.15) is 11.7 Å². The van der Waals surface area contributed by atoms with E-state index in [1.54, 1.807) is 0 Å². The van der Waals surface area contributed by atoms with Gasteiger partial charge in [-0.2, -0.15) is 0 Å². The SMILES string of the molecule is NC(=O)C(O)c1ccccc1[N+](=O)[O-]. The molecule has 3 N–H and O–H groups in total. The Morgan fingerprint density at radius 2 is 2.07 bits per heavy atom. The van der Waals surface area contributed by atoms with Crippen molar-refractivity contribution in [3.05, 3.63) is 39.9 Å². The quantitative estimate of drug-likeness (QED) is 0.528. The number of aliphatic hydroxyl groups is 1. The van der Waals surface area contributed by atoms with Crippen LogP contribution in [0.3, 0.4) is 0 Å². The van der Waals surface area contributed by atoms with Crippen LogP contribution in [0, 0.1) is 10.1 Å². The lowest BCUT2D eigenvalue weighted by atomic mass is 10.1. The molecule has 74 valence electrons. The number of amides is 1. The number of hydrogen-bond donors (Lipinski definition) is 2. The van der Waals surface area contributed by atoms with Gasteiger partial charge in [0.05, 0.1) is 10.5 Å².